The van der Waals surface area contributed by atoms with Crippen LogP contribution in [0.4, 0.5) is 11.1 Å². The maximum atomic E-state index is 12.1. The molecule has 0 aliphatic heterocycles. The van der Waals surface area contributed by atoms with Gasteiger partial charge in [-0.3, -0.25) is 10.1 Å². The largest absolute Gasteiger partial charge is 0.375 e. The quantitative estimate of drug-likeness (QED) is 0.770. The van der Waals surface area contributed by atoms with Crippen molar-refractivity contribution >= 4 is 39.7 Å². The number of nitrogens with two attached hydrogens (primary N) is 1. The van der Waals surface area contributed by atoms with Gasteiger partial charge in [-0.25, -0.2) is 15.0 Å². The van der Waals surface area contributed by atoms with Crippen LogP contribution in [-0.4, -0.2) is 20.9 Å². The molecule has 0 bridgehead atoms. The van der Waals surface area contributed by atoms with Crippen LogP contribution in [0.5, 0.6) is 0 Å². The summed E-state index contributed by atoms with van der Waals surface area (Å²) >= 11 is 2.89. The number of nitrogens with zero attached hydrogens (tertiary/aromatic N) is 3. The van der Waals surface area contributed by atoms with E-state index in [1.165, 1.54) is 11.3 Å². The molecule has 106 valence electrons. The lowest BCUT2D eigenvalue weighted by atomic mass is 10.2. The predicted molar refractivity (Wildman–Crippen MR) is 84.2 cm³/mol. The molecule has 0 unspecified atom stereocenters. The Morgan fingerprint density at radius 1 is 1.29 bits per heavy atom. The smallest absolute Gasteiger partial charge is 0.232 e. The molecule has 0 aromatic carbocycles. The second-order valence-corrected chi connectivity index (χ2v) is 6.16. The summed E-state index contributed by atoms with van der Waals surface area (Å²) in [6, 6.07) is 5.59. The van der Waals surface area contributed by atoms with Crippen LogP contribution in [-0.2, 0) is 11.2 Å². The van der Waals surface area contributed by atoms with Gasteiger partial charge in [-0.1, -0.05) is 6.07 Å². The number of aromatic nitrogens is 3. The predicted octanol–water partition coefficient (Wildman–Crippen LogP) is 2.42. The molecule has 0 spiro atoms. The van der Waals surface area contributed by atoms with Crippen LogP contribution in [0.25, 0.3) is 10.6 Å². The fraction of sp³-hybridized carbons (Fsp3) is 0.0769. The number of thiazole rings is 1. The van der Waals surface area contributed by atoms with E-state index in [4.69, 9.17) is 5.73 Å². The number of carbonyl (C=O) groups is 1. The summed E-state index contributed by atoms with van der Waals surface area (Å²) in [4.78, 5) is 26.1. The van der Waals surface area contributed by atoms with E-state index >= 15 is 0 Å². The van der Waals surface area contributed by atoms with Crippen LogP contribution in [0.3, 0.4) is 0 Å². The number of amides is 1. The Labute approximate surface area is 128 Å². The fourth-order valence-electron chi connectivity index (χ4n) is 1.77. The van der Waals surface area contributed by atoms with Gasteiger partial charge in [0.05, 0.1) is 17.0 Å². The number of anilines is 2. The van der Waals surface area contributed by atoms with Gasteiger partial charge < -0.3 is 5.73 Å². The van der Waals surface area contributed by atoms with E-state index in [-0.39, 0.29) is 18.3 Å². The molecule has 3 aromatic heterocycles. The molecule has 3 N–H and O–H groups in total. The molecule has 0 saturated carbocycles. The average Bonchev–Trinajstić information content (AvgIpc) is 3.09. The molecule has 8 heteroatoms. The summed E-state index contributed by atoms with van der Waals surface area (Å²) in [6.07, 6.45) is 3.34. The minimum absolute atomic E-state index is 0.192. The Morgan fingerprint density at radius 3 is 2.81 bits per heavy atom. The van der Waals surface area contributed by atoms with Crippen LogP contribution >= 0.6 is 22.7 Å². The molecule has 0 atom stereocenters. The standard InChI is InChI=1S/C13H11N5OS2/c14-12-18-11(8-3-1-6-20-8)9(21-12)7-10(19)17-13-15-4-2-5-16-13/h1-6H,7H2,(H2,14,18)(H,15,16,17,19). The topological polar surface area (TPSA) is 93.8 Å². The molecule has 0 fully saturated rings. The van der Waals surface area contributed by atoms with Crippen LogP contribution in [0, 0.1) is 0 Å². The van der Waals surface area contributed by atoms with Crippen molar-refractivity contribution in [2.45, 2.75) is 6.42 Å². The van der Waals surface area contributed by atoms with E-state index in [0.717, 1.165) is 15.4 Å². The fourth-order valence-corrected chi connectivity index (χ4v) is 3.42. The summed E-state index contributed by atoms with van der Waals surface area (Å²) in [5.41, 5.74) is 6.54. The van der Waals surface area contributed by atoms with E-state index in [2.05, 4.69) is 20.3 Å². The molecule has 0 aliphatic rings. The van der Waals surface area contributed by atoms with Crippen molar-refractivity contribution in [3.8, 4) is 10.6 Å². The normalized spacial score (nSPS) is 10.5. The van der Waals surface area contributed by atoms with Crippen molar-refractivity contribution in [2.75, 3.05) is 11.1 Å². The first-order chi connectivity index (χ1) is 10.2. The maximum Gasteiger partial charge on any atom is 0.232 e. The number of nitrogen functional groups attached to an aromatic ring is 1. The highest BCUT2D eigenvalue weighted by atomic mass is 32.1. The lowest BCUT2D eigenvalue weighted by molar-refractivity contribution is -0.115. The first-order valence-corrected chi connectivity index (χ1v) is 7.78. The zero-order valence-corrected chi connectivity index (χ0v) is 12.4. The van der Waals surface area contributed by atoms with Gasteiger partial charge in [0.1, 0.15) is 0 Å². The van der Waals surface area contributed by atoms with Gasteiger partial charge in [-0.05, 0) is 17.5 Å². The summed E-state index contributed by atoms with van der Waals surface area (Å²) in [7, 11) is 0. The number of carbonyl (C=O) groups excluding carboxylic acids is 1. The molecule has 3 heterocycles. The lowest BCUT2D eigenvalue weighted by Crippen LogP contribution is -2.15. The zero-order chi connectivity index (χ0) is 14.7. The van der Waals surface area contributed by atoms with Gasteiger partial charge in [0.15, 0.2) is 5.13 Å². The number of thiophene rings is 1. The summed E-state index contributed by atoms with van der Waals surface area (Å²) in [6.45, 7) is 0. The second-order valence-electron chi connectivity index (χ2n) is 4.10. The Bertz CT molecular complexity index is 739. The van der Waals surface area contributed by atoms with Crippen LogP contribution in [0.2, 0.25) is 0 Å². The molecule has 3 aromatic rings. The van der Waals surface area contributed by atoms with Gasteiger partial charge in [0.2, 0.25) is 11.9 Å². The zero-order valence-electron chi connectivity index (χ0n) is 10.8. The van der Waals surface area contributed by atoms with Gasteiger partial charge in [-0.15, -0.1) is 22.7 Å². The monoisotopic (exact) mass is 317 g/mol. The summed E-state index contributed by atoms with van der Waals surface area (Å²) < 4.78 is 0. The van der Waals surface area contributed by atoms with Gasteiger partial charge >= 0.3 is 0 Å². The molecular formula is C13H11N5OS2. The minimum atomic E-state index is -0.192. The van der Waals surface area contributed by atoms with E-state index in [1.54, 1.807) is 29.8 Å². The van der Waals surface area contributed by atoms with E-state index in [1.807, 2.05) is 17.5 Å². The van der Waals surface area contributed by atoms with Gasteiger partial charge in [0.25, 0.3) is 0 Å². The molecule has 0 radical (unpaired) electrons. The number of rotatable bonds is 4. The lowest BCUT2D eigenvalue weighted by Gasteiger charge is -2.02. The Kier molecular flexibility index (Phi) is 3.89. The average molecular weight is 317 g/mol. The number of nitrogens with one attached hydrogen (secondary N) is 1. The number of hydrogen-bond acceptors (Lipinski definition) is 7. The SMILES string of the molecule is Nc1nc(-c2cccs2)c(CC(=O)Nc2ncccn2)s1. The van der Waals surface area contributed by atoms with Gasteiger partial charge in [0, 0.05) is 17.3 Å². The van der Waals surface area contributed by atoms with E-state index in [9.17, 15) is 4.79 Å². The highest BCUT2D eigenvalue weighted by molar-refractivity contribution is 7.17. The third kappa shape index (κ3) is 3.23. The second kappa shape index (κ2) is 5.98. The van der Waals surface area contributed by atoms with Crippen LogP contribution in [0.1, 0.15) is 4.88 Å². The third-order valence-electron chi connectivity index (χ3n) is 2.61. The van der Waals surface area contributed by atoms with Crippen molar-refractivity contribution in [2.24, 2.45) is 0 Å². The third-order valence-corrected chi connectivity index (χ3v) is 4.37. The molecular weight excluding hydrogens is 306 g/mol. The molecule has 6 nitrogen and oxygen atoms in total. The Morgan fingerprint density at radius 2 is 2.10 bits per heavy atom. The van der Waals surface area contributed by atoms with Crippen LogP contribution in [0.15, 0.2) is 36.0 Å². The summed E-state index contributed by atoms with van der Waals surface area (Å²) in [5.74, 6) is 0.0975. The summed E-state index contributed by atoms with van der Waals surface area (Å²) in [5, 5.41) is 5.07. The van der Waals surface area contributed by atoms with Crippen molar-refractivity contribution in [1.82, 2.24) is 15.0 Å². The molecule has 1 amide bonds. The molecule has 21 heavy (non-hydrogen) atoms. The maximum absolute atomic E-state index is 12.1. The Hall–Kier alpha value is -2.32. The van der Waals surface area contributed by atoms with Crippen molar-refractivity contribution in [3.05, 3.63) is 40.8 Å². The number of hydrogen-bond donors (Lipinski definition) is 2. The van der Waals surface area contributed by atoms with Gasteiger partial charge in [-0.2, -0.15) is 0 Å². The highest BCUT2D eigenvalue weighted by Crippen LogP contribution is 2.32. The van der Waals surface area contributed by atoms with E-state index < -0.39 is 0 Å². The van der Waals surface area contributed by atoms with Crippen LogP contribution < -0.4 is 11.1 Å². The van der Waals surface area contributed by atoms with Crippen molar-refractivity contribution < 1.29 is 4.79 Å². The van der Waals surface area contributed by atoms with E-state index in [0.29, 0.717) is 5.13 Å². The highest BCUT2D eigenvalue weighted by Gasteiger charge is 2.16. The molecule has 0 saturated heterocycles. The molecule has 3 rings (SSSR count). The molecule has 0 aliphatic carbocycles. The van der Waals surface area contributed by atoms with Crippen molar-refractivity contribution in [1.29, 1.82) is 0 Å². The first-order valence-electron chi connectivity index (χ1n) is 6.08. The Balaban J connectivity index is 1.77. The van der Waals surface area contributed by atoms with Crippen molar-refractivity contribution in [3.63, 3.8) is 0 Å². The minimum Gasteiger partial charge on any atom is -0.375 e. The first kappa shape index (κ1) is 13.7.